The van der Waals surface area contributed by atoms with Crippen LogP contribution in [-0.4, -0.2) is 41.2 Å². The van der Waals surface area contributed by atoms with Crippen LogP contribution in [0.15, 0.2) is 50.8 Å². The molecule has 0 radical (unpaired) electrons. The molecule has 1 aromatic carbocycles. The van der Waals surface area contributed by atoms with Crippen LogP contribution < -0.4 is 10.0 Å². The van der Waals surface area contributed by atoms with E-state index in [1.165, 1.54) is 18.3 Å². The highest BCUT2D eigenvalue weighted by Crippen LogP contribution is 2.25. The fourth-order valence-corrected chi connectivity index (χ4v) is 4.74. The van der Waals surface area contributed by atoms with E-state index in [1.807, 2.05) is 6.07 Å². The summed E-state index contributed by atoms with van der Waals surface area (Å²) in [6, 6.07) is 8.99. The summed E-state index contributed by atoms with van der Waals surface area (Å²) in [5.41, 5.74) is 0.346. The summed E-state index contributed by atoms with van der Waals surface area (Å²) in [4.78, 5) is 3.75. The number of rotatable bonds is 7. The molecule has 2 aromatic rings. The highest BCUT2D eigenvalue weighted by atomic mass is 79.9. The summed E-state index contributed by atoms with van der Waals surface area (Å²) in [5, 5.41) is 11.8. The number of anilines is 1. The number of nitrogens with zero attached hydrogens (tertiary/aromatic N) is 2. The standard InChI is InChI=1S/C15H15BrN4O4S2/c1-25(21,22)12-4-5-13(16)14(9-12)26(23,24)20-8-7-19-15-11(10-17)3-2-6-18-15/h2-6,9,20H,7-8H2,1H3,(H,18,19). The molecule has 0 amide bonds. The molecular weight excluding hydrogens is 444 g/mol. The predicted octanol–water partition coefficient (Wildman–Crippen LogP) is 1.51. The Hall–Kier alpha value is -2.00. The maximum absolute atomic E-state index is 12.4. The summed E-state index contributed by atoms with van der Waals surface area (Å²) in [6.07, 6.45) is 2.52. The fraction of sp³-hybridized carbons (Fsp3) is 0.200. The number of pyridine rings is 1. The number of nitrogens with one attached hydrogen (secondary N) is 2. The molecular formula is C15H15BrN4O4S2. The van der Waals surface area contributed by atoms with Gasteiger partial charge in [0.2, 0.25) is 10.0 Å². The first-order valence-corrected chi connectivity index (χ1v) is 11.4. The maximum atomic E-state index is 12.4. The molecule has 0 saturated heterocycles. The molecule has 2 N–H and O–H groups in total. The minimum atomic E-state index is -3.93. The molecule has 0 unspecified atom stereocenters. The van der Waals surface area contributed by atoms with Crippen LogP contribution in [0.4, 0.5) is 5.82 Å². The number of hydrogen-bond acceptors (Lipinski definition) is 7. The van der Waals surface area contributed by atoms with Crippen molar-refractivity contribution in [2.45, 2.75) is 9.79 Å². The number of hydrogen-bond donors (Lipinski definition) is 2. The molecule has 0 atom stereocenters. The van der Waals surface area contributed by atoms with E-state index in [1.54, 1.807) is 12.1 Å². The molecule has 0 aliphatic rings. The van der Waals surface area contributed by atoms with E-state index < -0.39 is 19.9 Å². The Bertz CT molecular complexity index is 1060. The van der Waals surface area contributed by atoms with Gasteiger partial charge >= 0.3 is 0 Å². The van der Waals surface area contributed by atoms with Crippen molar-refractivity contribution < 1.29 is 16.8 Å². The van der Waals surface area contributed by atoms with Crippen LogP contribution in [0.2, 0.25) is 0 Å². The molecule has 2 rings (SSSR count). The predicted molar refractivity (Wildman–Crippen MR) is 99.9 cm³/mol. The second-order valence-corrected chi connectivity index (χ2v) is 9.81. The Morgan fingerprint density at radius 1 is 1.19 bits per heavy atom. The SMILES string of the molecule is CS(=O)(=O)c1ccc(Br)c(S(=O)(=O)NCCNc2ncccc2C#N)c1. The lowest BCUT2D eigenvalue weighted by atomic mass is 10.3. The van der Waals surface area contributed by atoms with Crippen molar-refractivity contribution >= 4 is 41.6 Å². The molecule has 1 heterocycles. The highest BCUT2D eigenvalue weighted by molar-refractivity contribution is 9.10. The minimum Gasteiger partial charge on any atom is -0.368 e. The molecule has 0 spiro atoms. The molecule has 0 aliphatic heterocycles. The average molecular weight is 459 g/mol. The van der Waals surface area contributed by atoms with Crippen molar-refractivity contribution in [2.75, 3.05) is 24.7 Å². The molecule has 8 nitrogen and oxygen atoms in total. The quantitative estimate of drug-likeness (QED) is 0.601. The van der Waals surface area contributed by atoms with Gasteiger partial charge in [-0.1, -0.05) is 0 Å². The number of benzene rings is 1. The second-order valence-electron chi connectivity index (χ2n) is 5.20. The van der Waals surface area contributed by atoms with Gasteiger partial charge in [0, 0.05) is 30.0 Å². The van der Waals surface area contributed by atoms with E-state index >= 15 is 0 Å². The van der Waals surface area contributed by atoms with Crippen LogP contribution in [0.1, 0.15) is 5.56 Å². The zero-order valence-electron chi connectivity index (χ0n) is 13.6. The molecule has 0 aliphatic carbocycles. The zero-order chi connectivity index (χ0) is 19.4. The van der Waals surface area contributed by atoms with Gasteiger partial charge in [0.05, 0.1) is 15.4 Å². The van der Waals surface area contributed by atoms with Crippen molar-refractivity contribution in [1.82, 2.24) is 9.71 Å². The van der Waals surface area contributed by atoms with Gasteiger partial charge in [-0.05, 0) is 46.3 Å². The number of sulfone groups is 1. The van der Waals surface area contributed by atoms with Crippen LogP contribution in [-0.2, 0) is 19.9 Å². The third kappa shape index (κ3) is 5.01. The lowest BCUT2D eigenvalue weighted by Gasteiger charge is -2.11. The first-order valence-electron chi connectivity index (χ1n) is 7.23. The summed E-state index contributed by atoms with van der Waals surface area (Å²) in [6.45, 7) is 0.202. The monoisotopic (exact) mass is 458 g/mol. The second kappa shape index (κ2) is 8.13. The Morgan fingerprint density at radius 3 is 2.58 bits per heavy atom. The summed E-state index contributed by atoms with van der Waals surface area (Å²) in [5.74, 6) is 0.356. The van der Waals surface area contributed by atoms with Gasteiger partial charge in [-0.3, -0.25) is 0 Å². The molecule has 0 bridgehead atoms. The number of halogens is 1. The zero-order valence-corrected chi connectivity index (χ0v) is 16.8. The summed E-state index contributed by atoms with van der Waals surface area (Å²) < 4.78 is 50.8. The number of nitriles is 1. The van der Waals surface area contributed by atoms with Crippen LogP contribution >= 0.6 is 15.9 Å². The first-order chi connectivity index (χ1) is 12.1. The number of aromatic nitrogens is 1. The van der Waals surface area contributed by atoms with Crippen LogP contribution in [0.3, 0.4) is 0 Å². The van der Waals surface area contributed by atoms with Gasteiger partial charge in [-0.2, -0.15) is 5.26 Å². The third-order valence-corrected chi connectivity index (χ3v) is 6.82. The van der Waals surface area contributed by atoms with Gasteiger partial charge < -0.3 is 5.32 Å². The molecule has 11 heteroatoms. The Balaban J connectivity index is 2.09. The van der Waals surface area contributed by atoms with Crippen molar-refractivity contribution in [3.8, 4) is 6.07 Å². The van der Waals surface area contributed by atoms with Crippen molar-refractivity contribution in [1.29, 1.82) is 5.26 Å². The van der Waals surface area contributed by atoms with Crippen molar-refractivity contribution in [3.05, 3.63) is 46.6 Å². The van der Waals surface area contributed by atoms with Crippen LogP contribution in [0, 0.1) is 11.3 Å². The molecule has 0 saturated carbocycles. The van der Waals surface area contributed by atoms with E-state index in [9.17, 15) is 16.8 Å². The van der Waals surface area contributed by atoms with Gasteiger partial charge in [-0.25, -0.2) is 26.5 Å². The normalized spacial score (nSPS) is 11.7. The minimum absolute atomic E-state index is 0.0132. The van der Waals surface area contributed by atoms with Crippen molar-refractivity contribution in [3.63, 3.8) is 0 Å². The maximum Gasteiger partial charge on any atom is 0.241 e. The van der Waals surface area contributed by atoms with Gasteiger partial charge in [-0.15, -0.1) is 0 Å². The van der Waals surface area contributed by atoms with Crippen LogP contribution in [0.25, 0.3) is 0 Å². The molecule has 138 valence electrons. The molecule has 1 aromatic heterocycles. The highest BCUT2D eigenvalue weighted by Gasteiger charge is 2.20. The lowest BCUT2D eigenvalue weighted by molar-refractivity contribution is 0.582. The van der Waals surface area contributed by atoms with Gasteiger partial charge in [0.25, 0.3) is 0 Å². The Kier molecular flexibility index (Phi) is 6.35. The molecule has 26 heavy (non-hydrogen) atoms. The Morgan fingerprint density at radius 2 is 1.92 bits per heavy atom. The van der Waals surface area contributed by atoms with Gasteiger partial charge in [0.1, 0.15) is 11.9 Å². The smallest absolute Gasteiger partial charge is 0.241 e. The summed E-state index contributed by atoms with van der Waals surface area (Å²) in [7, 11) is -7.47. The topological polar surface area (TPSA) is 129 Å². The van der Waals surface area contributed by atoms with E-state index in [-0.39, 0.29) is 27.4 Å². The van der Waals surface area contributed by atoms with Gasteiger partial charge in [0.15, 0.2) is 9.84 Å². The van der Waals surface area contributed by atoms with Crippen LogP contribution in [0.5, 0.6) is 0 Å². The number of sulfonamides is 1. The first kappa shape index (κ1) is 20.3. The third-order valence-electron chi connectivity index (χ3n) is 3.26. The van der Waals surface area contributed by atoms with E-state index in [2.05, 4.69) is 31.0 Å². The van der Waals surface area contributed by atoms with E-state index in [4.69, 9.17) is 5.26 Å². The van der Waals surface area contributed by atoms with E-state index in [0.717, 1.165) is 12.3 Å². The fourth-order valence-electron chi connectivity index (χ4n) is 2.00. The summed E-state index contributed by atoms with van der Waals surface area (Å²) >= 11 is 3.12. The lowest BCUT2D eigenvalue weighted by Crippen LogP contribution is -2.29. The van der Waals surface area contributed by atoms with Crippen molar-refractivity contribution in [2.24, 2.45) is 0 Å². The Labute approximate surface area is 160 Å². The average Bonchev–Trinajstić information content (AvgIpc) is 2.58. The molecule has 0 fully saturated rings. The largest absolute Gasteiger partial charge is 0.368 e. The van der Waals surface area contributed by atoms with E-state index in [0.29, 0.717) is 11.4 Å².